The van der Waals surface area contributed by atoms with Gasteiger partial charge < -0.3 is 21.3 Å². The minimum atomic E-state index is -1.11. The van der Waals surface area contributed by atoms with E-state index in [2.05, 4.69) is 0 Å². The Hall–Kier alpha value is -3.02. The van der Waals surface area contributed by atoms with Crippen LogP contribution in [0.1, 0.15) is 20.7 Å². The lowest BCUT2D eigenvalue weighted by Gasteiger charge is -2.08. The van der Waals surface area contributed by atoms with Crippen molar-refractivity contribution in [2.45, 2.75) is 0 Å². The number of aromatic carboxylic acids is 1. The third kappa shape index (κ3) is 2.86. The minimum absolute atomic E-state index is 0.00300. The summed E-state index contributed by atoms with van der Waals surface area (Å²) in [5, 5.41) is 8.87. The number of hydrogen-bond acceptors (Lipinski definition) is 4. The topological polar surface area (TPSA) is 116 Å². The molecule has 20 heavy (non-hydrogen) atoms. The highest BCUT2D eigenvalue weighted by Crippen LogP contribution is 2.26. The van der Waals surface area contributed by atoms with Gasteiger partial charge in [-0.15, -0.1) is 0 Å². The van der Waals surface area contributed by atoms with Crippen LogP contribution in [0, 0.1) is 0 Å². The summed E-state index contributed by atoms with van der Waals surface area (Å²) in [7, 11) is 0. The number of nitrogen functional groups attached to an aromatic ring is 1. The second-order valence-corrected chi connectivity index (χ2v) is 4.05. The molecule has 0 unspecified atom stereocenters. The van der Waals surface area contributed by atoms with Crippen molar-refractivity contribution in [2.24, 2.45) is 5.73 Å². The molecule has 0 atom stereocenters. The molecule has 6 nitrogen and oxygen atoms in total. The van der Waals surface area contributed by atoms with Crippen LogP contribution < -0.4 is 16.2 Å². The van der Waals surface area contributed by atoms with E-state index in [0.29, 0.717) is 17.1 Å². The Labute approximate surface area is 114 Å². The summed E-state index contributed by atoms with van der Waals surface area (Å²) in [5.74, 6) is -0.890. The number of carbonyl (C=O) groups is 2. The second-order valence-electron chi connectivity index (χ2n) is 4.05. The molecule has 0 aliphatic carbocycles. The van der Waals surface area contributed by atoms with E-state index >= 15 is 0 Å². The minimum Gasteiger partial charge on any atom is -0.478 e. The van der Waals surface area contributed by atoms with Crippen molar-refractivity contribution in [3.05, 3.63) is 53.6 Å². The zero-order valence-electron chi connectivity index (χ0n) is 10.4. The molecule has 2 aromatic rings. The highest BCUT2D eigenvalue weighted by molar-refractivity contribution is 5.94. The Kier molecular flexibility index (Phi) is 3.56. The summed E-state index contributed by atoms with van der Waals surface area (Å²) < 4.78 is 5.50. The van der Waals surface area contributed by atoms with E-state index in [1.165, 1.54) is 24.3 Å². The van der Waals surface area contributed by atoms with Crippen LogP contribution in [0.3, 0.4) is 0 Å². The number of benzene rings is 2. The molecule has 0 fully saturated rings. The van der Waals surface area contributed by atoms with Gasteiger partial charge in [0.1, 0.15) is 11.5 Å². The van der Waals surface area contributed by atoms with Crippen LogP contribution in [-0.2, 0) is 0 Å². The SMILES string of the molecule is NC(=O)c1cccc(Oc2ccc(C(=O)O)c(N)c2)c1. The maximum Gasteiger partial charge on any atom is 0.337 e. The van der Waals surface area contributed by atoms with Crippen LogP contribution in [0.5, 0.6) is 11.5 Å². The van der Waals surface area contributed by atoms with Crippen LogP contribution in [-0.4, -0.2) is 17.0 Å². The first-order valence-corrected chi connectivity index (χ1v) is 5.68. The van der Waals surface area contributed by atoms with Crippen molar-refractivity contribution in [1.29, 1.82) is 0 Å². The molecular weight excluding hydrogens is 260 g/mol. The highest BCUT2D eigenvalue weighted by atomic mass is 16.5. The Bertz CT molecular complexity index is 683. The van der Waals surface area contributed by atoms with Gasteiger partial charge in [-0.1, -0.05) is 6.07 Å². The molecule has 0 spiro atoms. The van der Waals surface area contributed by atoms with E-state index < -0.39 is 11.9 Å². The summed E-state index contributed by atoms with van der Waals surface area (Å²) in [6, 6.07) is 10.6. The summed E-state index contributed by atoms with van der Waals surface area (Å²) in [6.45, 7) is 0. The third-order valence-electron chi connectivity index (χ3n) is 2.61. The predicted octanol–water partition coefficient (Wildman–Crippen LogP) is 1.86. The molecule has 0 aliphatic heterocycles. The predicted molar refractivity (Wildman–Crippen MR) is 72.8 cm³/mol. The maximum atomic E-state index is 11.1. The summed E-state index contributed by atoms with van der Waals surface area (Å²) in [6.07, 6.45) is 0. The van der Waals surface area contributed by atoms with Gasteiger partial charge in [0.05, 0.1) is 5.56 Å². The van der Waals surface area contributed by atoms with Crippen LogP contribution in [0.4, 0.5) is 5.69 Å². The summed E-state index contributed by atoms with van der Waals surface area (Å²) in [5.41, 5.74) is 11.2. The summed E-state index contributed by atoms with van der Waals surface area (Å²) in [4.78, 5) is 21.9. The van der Waals surface area contributed by atoms with Gasteiger partial charge in [-0.2, -0.15) is 0 Å². The molecule has 102 valence electrons. The van der Waals surface area contributed by atoms with Gasteiger partial charge in [0.25, 0.3) is 0 Å². The number of carboxylic acid groups (broad SMARTS) is 1. The zero-order chi connectivity index (χ0) is 14.7. The molecule has 0 bridgehead atoms. The lowest BCUT2D eigenvalue weighted by Crippen LogP contribution is -2.10. The Balaban J connectivity index is 2.26. The Morgan fingerprint density at radius 3 is 2.35 bits per heavy atom. The molecule has 6 heteroatoms. The first-order chi connectivity index (χ1) is 9.47. The van der Waals surface area contributed by atoms with E-state index in [9.17, 15) is 9.59 Å². The number of carbonyl (C=O) groups excluding carboxylic acids is 1. The molecule has 1 amide bonds. The van der Waals surface area contributed by atoms with Crippen molar-refractivity contribution < 1.29 is 19.4 Å². The van der Waals surface area contributed by atoms with Crippen molar-refractivity contribution in [3.8, 4) is 11.5 Å². The average Bonchev–Trinajstić information content (AvgIpc) is 2.38. The van der Waals surface area contributed by atoms with Gasteiger partial charge in [-0.25, -0.2) is 4.79 Å². The Morgan fingerprint density at radius 1 is 1.05 bits per heavy atom. The molecular formula is C14H12N2O4. The van der Waals surface area contributed by atoms with Gasteiger partial charge in [-0.05, 0) is 30.3 Å². The number of primary amides is 1. The van der Waals surface area contributed by atoms with Crippen LogP contribution >= 0.6 is 0 Å². The largest absolute Gasteiger partial charge is 0.478 e. The van der Waals surface area contributed by atoms with Crippen molar-refractivity contribution in [3.63, 3.8) is 0 Å². The van der Waals surface area contributed by atoms with E-state index in [0.717, 1.165) is 0 Å². The molecule has 5 N–H and O–H groups in total. The van der Waals surface area contributed by atoms with Gasteiger partial charge in [-0.3, -0.25) is 4.79 Å². The second kappa shape index (κ2) is 5.31. The molecule has 0 aliphatic rings. The number of amides is 1. The quantitative estimate of drug-likeness (QED) is 0.734. The lowest BCUT2D eigenvalue weighted by atomic mass is 10.1. The number of ether oxygens (including phenoxy) is 1. The number of hydrogen-bond donors (Lipinski definition) is 3. The van der Waals surface area contributed by atoms with Crippen LogP contribution in [0.15, 0.2) is 42.5 Å². The van der Waals surface area contributed by atoms with E-state index in [1.807, 2.05) is 0 Å². The molecule has 0 saturated carbocycles. The van der Waals surface area contributed by atoms with Gasteiger partial charge in [0.15, 0.2) is 0 Å². The summed E-state index contributed by atoms with van der Waals surface area (Å²) >= 11 is 0. The molecule has 0 heterocycles. The fourth-order valence-electron chi connectivity index (χ4n) is 1.65. The van der Waals surface area contributed by atoms with Crippen molar-refractivity contribution in [1.82, 2.24) is 0 Å². The monoisotopic (exact) mass is 272 g/mol. The number of anilines is 1. The lowest BCUT2D eigenvalue weighted by molar-refractivity contribution is 0.0697. The number of nitrogens with two attached hydrogens (primary N) is 2. The van der Waals surface area contributed by atoms with Gasteiger partial charge in [0.2, 0.25) is 5.91 Å². The Morgan fingerprint density at radius 2 is 1.75 bits per heavy atom. The van der Waals surface area contributed by atoms with Crippen LogP contribution in [0.2, 0.25) is 0 Å². The zero-order valence-corrected chi connectivity index (χ0v) is 10.4. The number of carboxylic acids is 1. The fourth-order valence-corrected chi connectivity index (χ4v) is 1.65. The average molecular weight is 272 g/mol. The highest BCUT2D eigenvalue weighted by Gasteiger charge is 2.09. The van der Waals surface area contributed by atoms with Gasteiger partial charge >= 0.3 is 5.97 Å². The smallest absolute Gasteiger partial charge is 0.337 e. The van der Waals surface area contributed by atoms with E-state index in [4.69, 9.17) is 21.3 Å². The maximum absolute atomic E-state index is 11.1. The first-order valence-electron chi connectivity index (χ1n) is 5.68. The normalized spacial score (nSPS) is 10.0. The molecule has 0 saturated heterocycles. The molecule has 2 aromatic carbocycles. The molecule has 2 rings (SSSR count). The van der Waals surface area contributed by atoms with E-state index in [-0.39, 0.29) is 11.3 Å². The van der Waals surface area contributed by atoms with Crippen molar-refractivity contribution >= 4 is 17.6 Å². The fraction of sp³-hybridized carbons (Fsp3) is 0. The van der Waals surface area contributed by atoms with Gasteiger partial charge in [0, 0.05) is 17.3 Å². The van der Waals surface area contributed by atoms with Crippen LogP contribution in [0.25, 0.3) is 0 Å². The number of rotatable bonds is 4. The molecule has 0 aromatic heterocycles. The third-order valence-corrected chi connectivity index (χ3v) is 2.61. The standard InChI is InChI=1S/C14H12N2O4/c15-12-7-10(4-5-11(12)14(18)19)20-9-3-1-2-8(6-9)13(16)17/h1-7H,15H2,(H2,16,17)(H,18,19). The van der Waals surface area contributed by atoms with E-state index in [1.54, 1.807) is 18.2 Å². The van der Waals surface area contributed by atoms with Crippen molar-refractivity contribution in [2.75, 3.05) is 5.73 Å². The molecule has 0 radical (unpaired) electrons. The first kappa shape index (κ1) is 13.4.